The van der Waals surface area contributed by atoms with Crippen molar-refractivity contribution in [2.75, 3.05) is 0 Å². The standard InChI is InChI=1S/C11H13ClOS/c12-8-4-1-2-6-10(8)14-11-7-3-5-9(11)13/h1-2,4,6,9,11,13H,3,5,7H2/t9-,11-/m1/s1. The molecule has 0 unspecified atom stereocenters. The van der Waals surface area contributed by atoms with Gasteiger partial charge in [-0.2, -0.15) is 0 Å². The molecule has 1 nitrogen and oxygen atoms in total. The van der Waals surface area contributed by atoms with Crippen LogP contribution in [-0.2, 0) is 0 Å². The second-order valence-corrected chi connectivity index (χ2v) is 5.27. The van der Waals surface area contributed by atoms with Crippen LogP contribution in [0.5, 0.6) is 0 Å². The average molecular weight is 229 g/mol. The quantitative estimate of drug-likeness (QED) is 0.838. The van der Waals surface area contributed by atoms with Crippen molar-refractivity contribution in [3.63, 3.8) is 0 Å². The van der Waals surface area contributed by atoms with Crippen LogP contribution in [0.25, 0.3) is 0 Å². The van der Waals surface area contributed by atoms with Crippen molar-refractivity contribution in [2.24, 2.45) is 0 Å². The third kappa shape index (κ3) is 2.25. The molecule has 0 heterocycles. The molecule has 0 amide bonds. The minimum absolute atomic E-state index is 0.156. The van der Waals surface area contributed by atoms with Crippen LogP contribution in [0.15, 0.2) is 29.2 Å². The van der Waals surface area contributed by atoms with Gasteiger partial charge in [0.05, 0.1) is 11.1 Å². The highest BCUT2D eigenvalue weighted by molar-refractivity contribution is 8.00. The van der Waals surface area contributed by atoms with Gasteiger partial charge in [-0.1, -0.05) is 23.7 Å². The molecular weight excluding hydrogens is 216 g/mol. The lowest BCUT2D eigenvalue weighted by Crippen LogP contribution is -2.14. The summed E-state index contributed by atoms with van der Waals surface area (Å²) in [6.45, 7) is 0. The lowest BCUT2D eigenvalue weighted by molar-refractivity contribution is 0.188. The molecule has 0 aromatic heterocycles. The first-order valence-corrected chi connectivity index (χ1v) is 6.12. The normalized spacial score (nSPS) is 26.7. The van der Waals surface area contributed by atoms with Crippen LogP contribution < -0.4 is 0 Å². The van der Waals surface area contributed by atoms with Crippen LogP contribution in [0.3, 0.4) is 0 Å². The molecule has 1 aliphatic carbocycles. The fourth-order valence-corrected chi connectivity index (χ4v) is 3.26. The van der Waals surface area contributed by atoms with Crippen LogP contribution in [0.2, 0.25) is 5.02 Å². The van der Waals surface area contributed by atoms with E-state index in [4.69, 9.17) is 11.6 Å². The Balaban J connectivity index is 2.07. The van der Waals surface area contributed by atoms with Crippen LogP contribution >= 0.6 is 23.4 Å². The summed E-state index contributed by atoms with van der Waals surface area (Å²) in [4.78, 5) is 1.08. The zero-order valence-corrected chi connectivity index (χ0v) is 9.39. The van der Waals surface area contributed by atoms with Crippen molar-refractivity contribution in [1.82, 2.24) is 0 Å². The van der Waals surface area contributed by atoms with Gasteiger partial charge in [0.15, 0.2) is 0 Å². The maximum Gasteiger partial charge on any atom is 0.0662 e. The Morgan fingerprint density at radius 1 is 1.29 bits per heavy atom. The number of hydrogen-bond donors (Lipinski definition) is 1. The number of hydrogen-bond acceptors (Lipinski definition) is 2. The minimum Gasteiger partial charge on any atom is -0.392 e. The Morgan fingerprint density at radius 3 is 2.71 bits per heavy atom. The largest absolute Gasteiger partial charge is 0.392 e. The van der Waals surface area contributed by atoms with Crippen molar-refractivity contribution in [1.29, 1.82) is 0 Å². The maximum absolute atomic E-state index is 9.68. The van der Waals surface area contributed by atoms with E-state index in [1.165, 1.54) is 0 Å². The number of benzene rings is 1. The SMILES string of the molecule is O[C@@H]1CCC[C@H]1Sc1ccccc1Cl. The van der Waals surface area contributed by atoms with E-state index in [-0.39, 0.29) is 6.10 Å². The zero-order valence-electron chi connectivity index (χ0n) is 7.82. The van der Waals surface area contributed by atoms with Gasteiger partial charge in [0.1, 0.15) is 0 Å². The first-order valence-electron chi connectivity index (χ1n) is 4.86. The molecule has 1 aliphatic rings. The molecule has 0 spiro atoms. The third-order valence-corrected chi connectivity index (χ3v) is 4.44. The predicted molar refractivity (Wildman–Crippen MR) is 61.0 cm³/mol. The average Bonchev–Trinajstić information content (AvgIpc) is 2.56. The van der Waals surface area contributed by atoms with E-state index in [2.05, 4.69) is 0 Å². The molecule has 1 fully saturated rings. The van der Waals surface area contributed by atoms with Gasteiger partial charge in [-0.05, 0) is 31.4 Å². The lowest BCUT2D eigenvalue weighted by atomic mass is 10.3. The van der Waals surface area contributed by atoms with E-state index < -0.39 is 0 Å². The summed E-state index contributed by atoms with van der Waals surface area (Å²) in [6.07, 6.45) is 3.00. The Bertz CT molecular complexity index is 316. The second kappa shape index (κ2) is 4.56. The number of aliphatic hydroxyl groups is 1. The first-order chi connectivity index (χ1) is 6.77. The van der Waals surface area contributed by atoms with Crippen LogP contribution in [-0.4, -0.2) is 16.5 Å². The van der Waals surface area contributed by atoms with E-state index in [9.17, 15) is 5.11 Å². The molecule has 2 rings (SSSR count). The van der Waals surface area contributed by atoms with Crippen molar-refractivity contribution in [2.45, 2.75) is 35.5 Å². The Morgan fingerprint density at radius 2 is 2.07 bits per heavy atom. The molecule has 0 radical (unpaired) electrons. The van der Waals surface area contributed by atoms with Gasteiger partial charge >= 0.3 is 0 Å². The molecule has 76 valence electrons. The number of thioether (sulfide) groups is 1. The molecule has 1 aromatic carbocycles. The Labute approximate surface area is 93.5 Å². The monoisotopic (exact) mass is 228 g/mol. The van der Waals surface area contributed by atoms with Crippen LogP contribution in [0, 0.1) is 0 Å². The highest BCUT2D eigenvalue weighted by Gasteiger charge is 2.26. The molecule has 3 heteroatoms. The summed E-state index contributed by atoms with van der Waals surface area (Å²) < 4.78 is 0. The highest BCUT2D eigenvalue weighted by Crippen LogP contribution is 2.37. The summed E-state index contributed by atoms with van der Waals surface area (Å²) in [7, 11) is 0. The van der Waals surface area contributed by atoms with Crippen molar-refractivity contribution in [3.05, 3.63) is 29.3 Å². The molecule has 0 bridgehead atoms. The molecule has 1 aromatic rings. The van der Waals surface area contributed by atoms with E-state index in [0.717, 1.165) is 29.2 Å². The molecule has 0 aliphatic heterocycles. The molecule has 0 saturated heterocycles. The molecular formula is C11H13ClOS. The summed E-state index contributed by atoms with van der Waals surface area (Å²) >= 11 is 7.75. The summed E-state index contributed by atoms with van der Waals surface area (Å²) in [5.74, 6) is 0. The summed E-state index contributed by atoms with van der Waals surface area (Å²) in [5, 5.41) is 10.8. The Hall–Kier alpha value is -0.180. The van der Waals surface area contributed by atoms with Gasteiger partial charge in [-0.15, -0.1) is 11.8 Å². The maximum atomic E-state index is 9.68. The van der Waals surface area contributed by atoms with Crippen LogP contribution in [0.4, 0.5) is 0 Å². The van der Waals surface area contributed by atoms with E-state index in [1.807, 2.05) is 24.3 Å². The van der Waals surface area contributed by atoms with Crippen molar-refractivity contribution < 1.29 is 5.11 Å². The van der Waals surface area contributed by atoms with Crippen LogP contribution in [0.1, 0.15) is 19.3 Å². The smallest absolute Gasteiger partial charge is 0.0662 e. The van der Waals surface area contributed by atoms with E-state index >= 15 is 0 Å². The second-order valence-electron chi connectivity index (χ2n) is 3.58. The molecule has 1 saturated carbocycles. The van der Waals surface area contributed by atoms with Crippen molar-refractivity contribution >= 4 is 23.4 Å². The number of halogens is 1. The minimum atomic E-state index is -0.156. The third-order valence-electron chi connectivity index (χ3n) is 2.53. The van der Waals surface area contributed by atoms with Gasteiger partial charge in [-0.3, -0.25) is 0 Å². The fourth-order valence-electron chi connectivity index (χ4n) is 1.75. The van der Waals surface area contributed by atoms with Gasteiger partial charge in [-0.25, -0.2) is 0 Å². The molecule has 2 atom stereocenters. The van der Waals surface area contributed by atoms with Gasteiger partial charge in [0.2, 0.25) is 0 Å². The van der Waals surface area contributed by atoms with E-state index in [0.29, 0.717) is 5.25 Å². The molecule has 14 heavy (non-hydrogen) atoms. The van der Waals surface area contributed by atoms with Gasteiger partial charge in [0, 0.05) is 10.1 Å². The Kier molecular flexibility index (Phi) is 3.37. The van der Waals surface area contributed by atoms with Gasteiger partial charge < -0.3 is 5.11 Å². The predicted octanol–water partition coefficient (Wildman–Crippen LogP) is 3.35. The molecule has 1 N–H and O–H groups in total. The van der Waals surface area contributed by atoms with Crippen molar-refractivity contribution in [3.8, 4) is 0 Å². The fraction of sp³-hybridized carbons (Fsp3) is 0.455. The topological polar surface area (TPSA) is 20.2 Å². The number of aliphatic hydroxyl groups excluding tert-OH is 1. The summed E-state index contributed by atoms with van der Waals surface area (Å²) in [5.41, 5.74) is 0. The van der Waals surface area contributed by atoms with E-state index in [1.54, 1.807) is 11.8 Å². The highest BCUT2D eigenvalue weighted by atomic mass is 35.5. The lowest BCUT2D eigenvalue weighted by Gasteiger charge is -2.14. The first kappa shape index (κ1) is 10.3. The summed E-state index contributed by atoms with van der Waals surface area (Å²) in [6, 6.07) is 7.82. The zero-order chi connectivity index (χ0) is 9.97. The number of rotatable bonds is 2. The van der Waals surface area contributed by atoms with Gasteiger partial charge in [0.25, 0.3) is 0 Å².